The Kier molecular flexibility index (Phi) is 2.47. The number of rotatable bonds is 3. The van der Waals surface area contributed by atoms with Gasteiger partial charge in [0.05, 0.1) is 5.69 Å². The Labute approximate surface area is 70.6 Å². The molecule has 1 heterocycles. The summed E-state index contributed by atoms with van der Waals surface area (Å²) in [5, 5.41) is 8.62. The number of aromatic carboxylic acids is 1. The minimum absolute atomic E-state index is 0.0451. The van der Waals surface area contributed by atoms with Crippen molar-refractivity contribution in [2.24, 2.45) is 0 Å². The van der Waals surface area contributed by atoms with Gasteiger partial charge < -0.3 is 10.1 Å². The highest BCUT2D eigenvalue weighted by Gasteiger charge is 2.11. The number of aromatic amines is 1. The second-order valence-corrected chi connectivity index (χ2v) is 2.52. The largest absolute Gasteiger partial charge is 0.475 e. The normalized spacial score (nSPS) is 10.2. The Hall–Kier alpha value is -1.32. The monoisotopic (exact) mass is 168 g/mol. The molecule has 66 valence electrons. The summed E-state index contributed by atoms with van der Waals surface area (Å²) in [6.45, 7) is 3.93. The first-order chi connectivity index (χ1) is 5.69. The van der Waals surface area contributed by atoms with E-state index in [1.165, 1.54) is 0 Å². The van der Waals surface area contributed by atoms with Gasteiger partial charge in [-0.3, -0.25) is 0 Å². The van der Waals surface area contributed by atoms with E-state index in [1.807, 2.05) is 13.8 Å². The van der Waals surface area contributed by atoms with E-state index >= 15 is 0 Å². The number of H-pyrrole nitrogens is 1. The van der Waals surface area contributed by atoms with Crippen molar-refractivity contribution in [1.82, 2.24) is 9.97 Å². The molecule has 2 N–H and O–H groups in total. The number of hydrogen-bond donors (Lipinski definition) is 2. The quantitative estimate of drug-likeness (QED) is 0.713. The van der Waals surface area contributed by atoms with Crippen LogP contribution < -0.4 is 0 Å². The average molecular weight is 168 g/mol. The van der Waals surface area contributed by atoms with Crippen LogP contribution in [0.1, 0.15) is 35.9 Å². The molecule has 0 aliphatic carbocycles. The van der Waals surface area contributed by atoms with Crippen molar-refractivity contribution in [3.05, 3.63) is 17.2 Å². The fourth-order valence-electron chi connectivity index (χ4n) is 1.13. The van der Waals surface area contributed by atoms with Crippen LogP contribution in [0.4, 0.5) is 0 Å². The molecule has 0 atom stereocenters. The lowest BCUT2D eigenvalue weighted by Gasteiger charge is -1.91. The SMILES string of the molecule is CCc1nc(C(=O)O)[nH]c1CC. The van der Waals surface area contributed by atoms with Crippen LogP contribution >= 0.6 is 0 Å². The lowest BCUT2D eigenvalue weighted by atomic mass is 10.2. The summed E-state index contributed by atoms with van der Waals surface area (Å²) in [5.41, 5.74) is 1.78. The predicted molar refractivity (Wildman–Crippen MR) is 44.3 cm³/mol. The van der Waals surface area contributed by atoms with Gasteiger partial charge in [0.1, 0.15) is 0 Å². The van der Waals surface area contributed by atoms with E-state index in [9.17, 15) is 4.79 Å². The first-order valence-electron chi connectivity index (χ1n) is 4.00. The zero-order valence-electron chi connectivity index (χ0n) is 7.22. The molecule has 0 unspecified atom stereocenters. The number of carbonyl (C=O) groups is 1. The van der Waals surface area contributed by atoms with Crippen LogP contribution in [0.15, 0.2) is 0 Å². The molecular formula is C8H12N2O2. The third-order valence-corrected chi connectivity index (χ3v) is 1.76. The topological polar surface area (TPSA) is 66.0 Å². The maximum absolute atomic E-state index is 10.5. The van der Waals surface area contributed by atoms with E-state index < -0.39 is 5.97 Å². The Bertz CT molecular complexity index is 270. The Morgan fingerprint density at radius 3 is 2.50 bits per heavy atom. The number of imidazole rings is 1. The molecule has 1 rings (SSSR count). The molecule has 4 nitrogen and oxygen atoms in total. The van der Waals surface area contributed by atoms with Crippen LogP contribution in [-0.2, 0) is 12.8 Å². The smallest absolute Gasteiger partial charge is 0.371 e. The highest BCUT2D eigenvalue weighted by molar-refractivity contribution is 5.83. The maximum atomic E-state index is 10.5. The fourth-order valence-corrected chi connectivity index (χ4v) is 1.13. The van der Waals surface area contributed by atoms with Crippen LogP contribution in [0.25, 0.3) is 0 Å². The van der Waals surface area contributed by atoms with E-state index in [1.54, 1.807) is 0 Å². The van der Waals surface area contributed by atoms with Gasteiger partial charge in [-0.25, -0.2) is 9.78 Å². The van der Waals surface area contributed by atoms with Crippen LogP contribution in [0, 0.1) is 0 Å². The second kappa shape index (κ2) is 3.38. The molecule has 12 heavy (non-hydrogen) atoms. The minimum Gasteiger partial charge on any atom is -0.475 e. The number of aryl methyl sites for hydroxylation is 2. The summed E-state index contributed by atoms with van der Waals surface area (Å²) >= 11 is 0. The number of carboxylic acids is 1. The van der Waals surface area contributed by atoms with E-state index in [4.69, 9.17) is 5.11 Å². The molecule has 0 fully saturated rings. The van der Waals surface area contributed by atoms with Crippen molar-refractivity contribution < 1.29 is 9.90 Å². The van der Waals surface area contributed by atoms with E-state index in [-0.39, 0.29) is 5.82 Å². The van der Waals surface area contributed by atoms with Crippen LogP contribution in [0.3, 0.4) is 0 Å². The summed E-state index contributed by atoms with van der Waals surface area (Å²) < 4.78 is 0. The molecular weight excluding hydrogens is 156 g/mol. The fraction of sp³-hybridized carbons (Fsp3) is 0.500. The Morgan fingerprint density at radius 1 is 1.50 bits per heavy atom. The summed E-state index contributed by atoms with van der Waals surface area (Å²) in [5.74, 6) is -0.951. The van der Waals surface area contributed by atoms with Crippen LogP contribution in [-0.4, -0.2) is 21.0 Å². The molecule has 0 bridgehead atoms. The van der Waals surface area contributed by atoms with E-state index in [0.717, 1.165) is 24.2 Å². The second-order valence-electron chi connectivity index (χ2n) is 2.52. The minimum atomic E-state index is -0.996. The van der Waals surface area contributed by atoms with Gasteiger partial charge in [-0.15, -0.1) is 0 Å². The molecule has 0 aliphatic rings. The molecule has 1 aromatic heterocycles. The first-order valence-corrected chi connectivity index (χ1v) is 4.00. The number of carboxylic acid groups (broad SMARTS) is 1. The number of nitrogens with one attached hydrogen (secondary N) is 1. The average Bonchev–Trinajstić information content (AvgIpc) is 2.46. The summed E-state index contributed by atoms with van der Waals surface area (Å²) in [6.07, 6.45) is 1.57. The van der Waals surface area contributed by atoms with Gasteiger partial charge in [0.25, 0.3) is 0 Å². The summed E-state index contributed by atoms with van der Waals surface area (Å²) in [6, 6.07) is 0. The van der Waals surface area contributed by atoms with E-state index in [2.05, 4.69) is 9.97 Å². The maximum Gasteiger partial charge on any atom is 0.371 e. The third-order valence-electron chi connectivity index (χ3n) is 1.76. The standard InChI is InChI=1S/C8H12N2O2/c1-3-5-6(4-2)10-7(9-5)8(11)12/h3-4H2,1-2H3,(H,9,10)(H,11,12). The van der Waals surface area contributed by atoms with Crippen molar-refractivity contribution in [1.29, 1.82) is 0 Å². The highest BCUT2D eigenvalue weighted by atomic mass is 16.4. The third kappa shape index (κ3) is 1.47. The van der Waals surface area contributed by atoms with Crippen molar-refractivity contribution in [3.63, 3.8) is 0 Å². The van der Waals surface area contributed by atoms with Gasteiger partial charge >= 0.3 is 5.97 Å². The number of aromatic nitrogens is 2. The molecule has 0 saturated carbocycles. The van der Waals surface area contributed by atoms with Gasteiger partial charge in [0.2, 0.25) is 5.82 Å². The Morgan fingerprint density at radius 2 is 2.17 bits per heavy atom. The zero-order chi connectivity index (χ0) is 9.14. The molecule has 1 aromatic rings. The van der Waals surface area contributed by atoms with Crippen LogP contribution in [0.5, 0.6) is 0 Å². The van der Waals surface area contributed by atoms with Gasteiger partial charge in [-0.05, 0) is 12.8 Å². The van der Waals surface area contributed by atoms with Gasteiger partial charge in [-0.2, -0.15) is 0 Å². The van der Waals surface area contributed by atoms with E-state index in [0.29, 0.717) is 0 Å². The molecule has 0 saturated heterocycles. The number of hydrogen-bond acceptors (Lipinski definition) is 2. The lowest BCUT2D eigenvalue weighted by molar-refractivity contribution is 0.0684. The molecule has 0 radical (unpaired) electrons. The highest BCUT2D eigenvalue weighted by Crippen LogP contribution is 2.07. The van der Waals surface area contributed by atoms with Gasteiger partial charge in [0.15, 0.2) is 0 Å². The van der Waals surface area contributed by atoms with Crippen molar-refractivity contribution >= 4 is 5.97 Å². The Balaban J connectivity index is 3.05. The molecule has 0 aliphatic heterocycles. The van der Waals surface area contributed by atoms with Gasteiger partial charge in [-0.1, -0.05) is 13.8 Å². The molecule has 0 spiro atoms. The molecule has 0 aromatic carbocycles. The first kappa shape index (κ1) is 8.77. The predicted octanol–water partition coefficient (Wildman–Crippen LogP) is 1.23. The summed E-state index contributed by atoms with van der Waals surface area (Å²) in [7, 11) is 0. The van der Waals surface area contributed by atoms with Crippen LogP contribution in [0.2, 0.25) is 0 Å². The van der Waals surface area contributed by atoms with Crippen molar-refractivity contribution in [2.75, 3.05) is 0 Å². The van der Waals surface area contributed by atoms with Crippen molar-refractivity contribution in [2.45, 2.75) is 26.7 Å². The number of nitrogens with zero attached hydrogens (tertiary/aromatic N) is 1. The van der Waals surface area contributed by atoms with Crippen molar-refractivity contribution in [3.8, 4) is 0 Å². The zero-order valence-corrected chi connectivity index (χ0v) is 7.22. The van der Waals surface area contributed by atoms with Gasteiger partial charge in [0, 0.05) is 5.69 Å². The molecule has 4 heteroatoms. The molecule has 0 amide bonds. The lowest BCUT2D eigenvalue weighted by Crippen LogP contribution is -1.98. The summed E-state index contributed by atoms with van der Waals surface area (Å²) in [4.78, 5) is 17.2.